The Morgan fingerprint density at radius 2 is 1.91 bits per heavy atom. The minimum atomic E-state index is -3.04. The highest BCUT2D eigenvalue weighted by atomic mass is 19.3. The molecular weight excluding hydrogens is 421 g/mol. The van der Waals surface area contributed by atoms with E-state index in [1.807, 2.05) is 19.1 Å². The minimum absolute atomic E-state index is 0.0982. The number of allylic oxidation sites excluding steroid dienone is 1. The van der Waals surface area contributed by atoms with E-state index in [0.29, 0.717) is 32.3 Å². The second-order valence-electron chi connectivity index (χ2n) is 8.32. The zero-order valence-electron chi connectivity index (χ0n) is 18.4. The van der Waals surface area contributed by atoms with Gasteiger partial charge in [-0.3, -0.25) is 0 Å². The molecule has 1 saturated carbocycles. The maximum Gasteiger partial charge on any atom is 0.341 e. The summed E-state index contributed by atoms with van der Waals surface area (Å²) in [5.74, 6) is -2.45. The van der Waals surface area contributed by atoms with Crippen molar-refractivity contribution in [2.45, 2.75) is 76.1 Å². The molecule has 0 aromatic heterocycles. The molecule has 0 spiro atoms. The predicted molar refractivity (Wildman–Crippen MR) is 115 cm³/mol. The van der Waals surface area contributed by atoms with Gasteiger partial charge in [-0.15, -0.1) is 6.58 Å². The Hall–Kier alpha value is -2.12. The summed E-state index contributed by atoms with van der Waals surface area (Å²) in [6.45, 7) is 6.35. The molecule has 1 aromatic carbocycles. The first-order valence-corrected chi connectivity index (χ1v) is 11.2. The third-order valence-corrected chi connectivity index (χ3v) is 6.22. The highest BCUT2D eigenvalue weighted by Crippen LogP contribution is 2.37. The van der Waals surface area contributed by atoms with Crippen molar-refractivity contribution < 1.29 is 32.2 Å². The van der Waals surface area contributed by atoms with Crippen LogP contribution in [0.15, 0.2) is 36.9 Å². The maximum absolute atomic E-state index is 15.1. The summed E-state index contributed by atoms with van der Waals surface area (Å²) in [5.41, 5.74) is -0.988. The quantitative estimate of drug-likeness (QED) is 0.344. The van der Waals surface area contributed by atoms with Crippen molar-refractivity contribution in [2.75, 3.05) is 13.2 Å². The molecule has 2 aliphatic rings. The molecule has 1 heterocycles. The Bertz CT molecular complexity index is 808. The van der Waals surface area contributed by atoms with Crippen LogP contribution in [0.2, 0.25) is 0 Å². The summed E-state index contributed by atoms with van der Waals surface area (Å²) < 4.78 is 59.4. The Balaban J connectivity index is 1.66. The number of carbonyl (C=O) groups excluding carboxylic acids is 1. The second kappa shape index (κ2) is 11.7. The van der Waals surface area contributed by atoms with Gasteiger partial charge in [0.25, 0.3) is 6.43 Å². The summed E-state index contributed by atoms with van der Waals surface area (Å²) in [4.78, 5) is 12.6. The number of alkyl halides is 2. The molecule has 4 nitrogen and oxygen atoms in total. The van der Waals surface area contributed by atoms with E-state index in [9.17, 15) is 13.6 Å². The van der Waals surface area contributed by atoms with Gasteiger partial charge in [0.15, 0.2) is 0 Å². The van der Waals surface area contributed by atoms with Crippen molar-refractivity contribution in [1.29, 1.82) is 0 Å². The molecule has 0 radical (unpaired) electrons. The first kappa shape index (κ1) is 24.5. The number of rotatable bonds is 8. The third-order valence-electron chi connectivity index (χ3n) is 6.22. The molecule has 0 bridgehead atoms. The Labute approximate surface area is 187 Å². The van der Waals surface area contributed by atoms with E-state index in [1.54, 1.807) is 6.08 Å². The SMILES string of the molecule is C=CC1CCC(c2ccc(C(=O)OC3CCC(OCC=CC)CC3)c(F)c2C(F)F)CO1. The van der Waals surface area contributed by atoms with Gasteiger partial charge in [-0.1, -0.05) is 24.3 Å². The number of ether oxygens (including phenoxy) is 3. The number of hydrogen-bond donors (Lipinski definition) is 0. The summed E-state index contributed by atoms with van der Waals surface area (Å²) in [6, 6.07) is 2.67. The summed E-state index contributed by atoms with van der Waals surface area (Å²) in [5, 5.41) is 0. The lowest BCUT2D eigenvalue weighted by atomic mass is 9.87. The van der Waals surface area contributed by atoms with E-state index < -0.39 is 29.3 Å². The number of benzene rings is 1. The van der Waals surface area contributed by atoms with Crippen LogP contribution < -0.4 is 0 Å². The smallest absolute Gasteiger partial charge is 0.341 e. The molecule has 2 atom stereocenters. The van der Waals surface area contributed by atoms with E-state index in [-0.39, 0.29) is 36.4 Å². The average molecular weight is 453 g/mol. The normalized spacial score (nSPS) is 26.4. The first-order chi connectivity index (χ1) is 15.4. The van der Waals surface area contributed by atoms with Crippen molar-refractivity contribution in [3.8, 4) is 0 Å². The van der Waals surface area contributed by atoms with Crippen molar-refractivity contribution in [3.05, 3.63) is 59.4 Å². The fraction of sp³-hybridized carbons (Fsp3) is 0.560. The zero-order valence-corrected chi connectivity index (χ0v) is 18.4. The lowest BCUT2D eigenvalue weighted by molar-refractivity contribution is -0.0130. The molecule has 1 aliphatic carbocycles. The third kappa shape index (κ3) is 6.01. The number of carbonyl (C=O) groups is 1. The van der Waals surface area contributed by atoms with Crippen LogP contribution in [0.5, 0.6) is 0 Å². The van der Waals surface area contributed by atoms with E-state index in [4.69, 9.17) is 14.2 Å². The van der Waals surface area contributed by atoms with Gasteiger partial charge in [0.05, 0.1) is 36.5 Å². The van der Waals surface area contributed by atoms with Crippen molar-refractivity contribution >= 4 is 5.97 Å². The molecule has 32 heavy (non-hydrogen) atoms. The first-order valence-electron chi connectivity index (χ1n) is 11.2. The molecule has 7 heteroatoms. The summed E-state index contributed by atoms with van der Waals surface area (Å²) in [7, 11) is 0. The molecule has 1 aromatic rings. The van der Waals surface area contributed by atoms with Crippen molar-refractivity contribution in [3.63, 3.8) is 0 Å². The van der Waals surface area contributed by atoms with Gasteiger partial charge < -0.3 is 14.2 Å². The fourth-order valence-corrected chi connectivity index (χ4v) is 4.37. The van der Waals surface area contributed by atoms with Crippen LogP contribution in [0.3, 0.4) is 0 Å². The van der Waals surface area contributed by atoms with Gasteiger partial charge in [0, 0.05) is 5.92 Å². The van der Waals surface area contributed by atoms with Crippen LogP contribution in [-0.4, -0.2) is 37.5 Å². The Morgan fingerprint density at radius 3 is 2.50 bits per heavy atom. The van der Waals surface area contributed by atoms with Gasteiger partial charge in [-0.2, -0.15) is 0 Å². The molecule has 1 aliphatic heterocycles. The molecule has 3 rings (SSSR count). The van der Waals surface area contributed by atoms with E-state index in [0.717, 1.165) is 12.8 Å². The molecule has 0 amide bonds. The van der Waals surface area contributed by atoms with Crippen LogP contribution in [0, 0.1) is 5.82 Å². The van der Waals surface area contributed by atoms with E-state index in [2.05, 4.69) is 6.58 Å². The van der Waals surface area contributed by atoms with Gasteiger partial charge in [-0.05, 0) is 57.1 Å². The molecular formula is C25H31F3O4. The van der Waals surface area contributed by atoms with E-state index in [1.165, 1.54) is 12.1 Å². The van der Waals surface area contributed by atoms with Crippen molar-refractivity contribution in [2.24, 2.45) is 0 Å². The topological polar surface area (TPSA) is 44.8 Å². The maximum atomic E-state index is 15.1. The van der Waals surface area contributed by atoms with Gasteiger partial charge in [0.2, 0.25) is 0 Å². The zero-order chi connectivity index (χ0) is 23.1. The summed E-state index contributed by atoms with van der Waals surface area (Å²) >= 11 is 0. The largest absolute Gasteiger partial charge is 0.459 e. The Kier molecular flexibility index (Phi) is 8.93. The minimum Gasteiger partial charge on any atom is -0.459 e. The lowest BCUT2D eigenvalue weighted by Gasteiger charge is -2.29. The molecule has 0 N–H and O–H groups in total. The molecule has 2 unspecified atom stereocenters. The highest BCUT2D eigenvalue weighted by Gasteiger charge is 2.32. The van der Waals surface area contributed by atoms with Crippen molar-refractivity contribution in [1.82, 2.24) is 0 Å². The number of hydrogen-bond acceptors (Lipinski definition) is 4. The lowest BCUT2D eigenvalue weighted by Crippen LogP contribution is -2.29. The molecule has 1 saturated heterocycles. The predicted octanol–water partition coefficient (Wildman–Crippen LogP) is 6.27. The highest BCUT2D eigenvalue weighted by molar-refractivity contribution is 5.90. The van der Waals surface area contributed by atoms with Gasteiger partial charge in [-0.25, -0.2) is 18.0 Å². The monoisotopic (exact) mass is 452 g/mol. The fourth-order valence-electron chi connectivity index (χ4n) is 4.37. The average Bonchev–Trinajstić information content (AvgIpc) is 2.80. The van der Waals surface area contributed by atoms with Gasteiger partial charge in [0.1, 0.15) is 11.9 Å². The Morgan fingerprint density at radius 1 is 1.19 bits per heavy atom. The second-order valence-corrected chi connectivity index (χ2v) is 8.32. The molecule has 2 fully saturated rings. The summed E-state index contributed by atoms with van der Waals surface area (Å²) in [6.07, 6.45) is 5.93. The molecule has 176 valence electrons. The number of esters is 1. The van der Waals surface area contributed by atoms with E-state index >= 15 is 4.39 Å². The number of halogens is 3. The van der Waals surface area contributed by atoms with Gasteiger partial charge >= 0.3 is 5.97 Å². The van der Waals surface area contributed by atoms with Crippen LogP contribution in [0.1, 0.15) is 79.3 Å². The van der Waals surface area contributed by atoms with Crippen LogP contribution >= 0.6 is 0 Å². The van der Waals surface area contributed by atoms with Crippen LogP contribution in [0.4, 0.5) is 13.2 Å². The van der Waals surface area contributed by atoms with Crippen LogP contribution in [-0.2, 0) is 14.2 Å². The van der Waals surface area contributed by atoms with Crippen LogP contribution in [0.25, 0.3) is 0 Å². The standard InChI is InChI=1S/C25H31F3O4/c1-3-5-14-30-18-8-10-19(11-9-18)32-25(29)21-13-12-20(22(23(21)26)24(27)28)16-6-7-17(4-2)31-15-16/h3-5,12-13,16-19,24H,2,6-11,14-15H2,1H3.